The zero-order valence-electron chi connectivity index (χ0n) is 6.66. The Balaban J connectivity index is -0.00000000500. The summed E-state index contributed by atoms with van der Waals surface area (Å²) in [5.74, 6) is 0. The van der Waals surface area contributed by atoms with Crippen LogP contribution in [0.15, 0.2) is 52.6 Å². The second-order valence-corrected chi connectivity index (χ2v) is 0. The predicted molar refractivity (Wildman–Crippen MR) is 52.2 cm³/mol. The zero-order valence-corrected chi connectivity index (χ0v) is 6.66. The summed E-state index contributed by atoms with van der Waals surface area (Å²) in [5, 5.41) is 0. The maximum absolute atomic E-state index is 3.00. The third kappa shape index (κ3) is 190. The highest BCUT2D eigenvalue weighted by molar-refractivity contribution is 4.23. The van der Waals surface area contributed by atoms with E-state index in [1.165, 1.54) is 0 Å². The van der Waals surface area contributed by atoms with Crippen LogP contribution in [0.4, 0.5) is 0 Å². The van der Waals surface area contributed by atoms with Crippen molar-refractivity contribution in [1.29, 1.82) is 0 Å². The summed E-state index contributed by atoms with van der Waals surface area (Å²) in [6, 6.07) is 0. The first kappa shape index (κ1) is 66.5. The SMILES string of the molecule is C=C.C=C.C=C.C=C.O.O. The van der Waals surface area contributed by atoms with E-state index in [0.29, 0.717) is 0 Å². The average molecular weight is 148 g/mol. The second kappa shape index (κ2) is 297. The lowest BCUT2D eigenvalue weighted by Gasteiger charge is -0.813. The molecule has 0 aliphatic heterocycles. The van der Waals surface area contributed by atoms with Crippen molar-refractivity contribution in [1.82, 2.24) is 0 Å². The average Bonchev–Trinajstić information content (AvgIpc) is 2.03. The van der Waals surface area contributed by atoms with Crippen LogP contribution < -0.4 is 0 Å². The maximum atomic E-state index is 3.00. The summed E-state index contributed by atoms with van der Waals surface area (Å²) < 4.78 is 0. The van der Waals surface area contributed by atoms with E-state index < -0.39 is 0 Å². The van der Waals surface area contributed by atoms with Gasteiger partial charge in [0.1, 0.15) is 0 Å². The van der Waals surface area contributed by atoms with Crippen LogP contribution in [0, 0.1) is 0 Å². The van der Waals surface area contributed by atoms with Crippen LogP contribution in [0.5, 0.6) is 0 Å². The molecule has 0 aliphatic carbocycles. The molecule has 0 heterocycles. The Labute approximate surface area is 64.5 Å². The van der Waals surface area contributed by atoms with E-state index in [2.05, 4.69) is 52.6 Å². The Kier molecular flexibility index (Phi) is 1980. The molecule has 0 atom stereocenters. The van der Waals surface area contributed by atoms with Crippen LogP contribution in [-0.4, -0.2) is 11.0 Å². The molecule has 0 fully saturated rings. The minimum absolute atomic E-state index is 0. The fourth-order valence-electron chi connectivity index (χ4n) is 0. The molecule has 10 heavy (non-hydrogen) atoms. The van der Waals surface area contributed by atoms with E-state index in [-0.39, 0.29) is 11.0 Å². The lowest BCUT2D eigenvalue weighted by molar-refractivity contribution is 0.823. The van der Waals surface area contributed by atoms with Crippen molar-refractivity contribution in [2.24, 2.45) is 0 Å². The van der Waals surface area contributed by atoms with Gasteiger partial charge in [0.25, 0.3) is 0 Å². The monoisotopic (exact) mass is 148 g/mol. The van der Waals surface area contributed by atoms with Crippen LogP contribution in [0.2, 0.25) is 0 Å². The number of hydrogen-bond acceptors (Lipinski definition) is 0. The van der Waals surface area contributed by atoms with Gasteiger partial charge in [-0.2, -0.15) is 0 Å². The van der Waals surface area contributed by atoms with E-state index in [4.69, 9.17) is 0 Å². The van der Waals surface area contributed by atoms with Gasteiger partial charge in [-0.3, -0.25) is 0 Å². The fraction of sp³-hybridized carbons (Fsp3) is 0. The Morgan fingerprint density at radius 3 is 0.300 bits per heavy atom. The molecule has 0 aliphatic rings. The lowest BCUT2D eigenvalue weighted by Crippen LogP contribution is -0.552. The van der Waals surface area contributed by atoms with E-state index in [1.807, 2.05) is 0 Å². The Hall–Kier alpha value is -1.12. The third-order valence-electron chi connectivity index (χ3n) is 0. The smallest absolute Gasteiger partial charge is 0.106 e. The van der Waals surface area contributed by atoms with Crippen LogP contribution in [-0.2, 0) is 0 Å². The number of hydrogen-bond donors (Lipinski definition) is 0. The summed E-state index contributed by atoms with van der Waals surface area (Å²) in [6.45, 7) is 24.0. The van der Waals surface area contributed by atoms with Gasteiger partial charge in [0, 0.05) is 0 Å². The zero-order chi connectivity index (χ0) is 8.00. The van der Waals surface area contributed by atoms with E-state index >= 15 is 0 Å². The molecule has 0 spiro atoms. The fourth-order valence-corrected chi connectivity index (χ4v) is 0. The molecule has 2 heteroatoms. The van der Waals surface area contributed by atoms with Gasteiger partial charge in [-0.1, -0.05) is 0 Å². The normalized spacial score (nSPS) is 1.60. The summed E-state index contributed by atoms with van der Waals surface area (Å²) in [4.78, 5) is 0. The highest BCUT2D eigenvalue weighted by atomic mass is 16.0. The van der Waals surface area contributed by atoms with Crippen molar-refractivity contribution in [3.05, 3.63) is 52.6 Å². The molecule has 0 aromatic carbocycles. The van der Waals surface area contributed by atoms with Crippen molar-refractivity contribution in [3.63, 3.8) is 0 Å². The van der Waals surface area contributed by atoms with Crippen molar-refractivity contribution in [3.8, 4) is 0 Å². The molecule has 0 bridgehead atoms. The molecule has 0 saturated heterocycles. The molecule has 0 unspecified atom stereocenters. The molecule has 0 radical (unpaired) electrons. The maximum Gasteiger partial charge on any atom is -0.106 e. The Bertz CT molecular complexity index is 15.2. The molecule has 0 aromatic heterocycles. The summed E-state index contributed by atoms with van der Waals surface area (Å²) in [7, 11) is 0. The van der Waals surface area contributed by atoms with Crippen LogP contribution in [0.3, 0.4) is 0 Å². The molecule has 0 saturated carbocycles. The molecule has 4 N–H and O–H groups in total. The first-order valence-corrected chi connectivity index (χ1v) is 2.00. The molecule has 0 aromatic rings. The van der Waals surface area contributed by atoms with Gasteiger partial charge in [0.2, 0.25) is 0 Å². The van der Waals surface area contributed by atoms with Crippen molar-refractivity contribution >= 4 is 0 Å². The second-order valence-electron chi connectivity index (χ2n) is 0. The molecular formula is C8H20O2. The van der Waals surface area contributed by atoms with Gasteiger partial charge in [-0.05, 0) is 0 Å². The predicted octanol–water partition coefficient (Wildman–Crippen LogP) is 1.56. The summed E-state index contributed by atoms with van der Waals surface area (Å²) >= 11 is 0. The van der Waals surface area contributed by atoms with Gasteiger partial charge in [0.15, 0.2) is 0 Å². The van der Waals surface area contributed by atoms with Crippen molar-refractivity contribution in [2.45, 2.75) is 0 Å². The standard InChI is InChI=1S/4C2H4.2H2O/c4*1-2;;/h4*1-2H2;2*1H2. The van der Waals surface area contributed by atoms with E-state index in [9.17, 15) is 0 Å². The largest absolute Gasteiger partial charge is 0.412 e. The Morgan fingerprint density at radius 2 is 0.300 bits per heavy atom. The highest BCUT2D eigenvalue weighted by Gasteiger charge is 0.607. The quantitative estimate of drug-likeness (QED) is 0.468. The van der Waals surface area contributed by atoms with Crippen molar-refractivity contribution < 1.29 is 11.0 Å². The topological polar surface area (TPSA) is 63.0 Å². The van der Waals surface area contributed by atoms with Gasteiger partial charge < -0.3 is 11.0 Å². The minimum Gasteiger partial charge on any atom is -0.412 e. The van der Waals surface area contributed by atoms with Crippen LogP contribution in [0.1, 0.15) is 0 Å². The van der Waals surface area contributed by atoms with Crippen LogP contribution >= 0.6 is 0 Å². The molecule has 0 amide bonds. The van der Waals surface area contributed by atoms with Gasteiger partial charge in [-0.15, -0.1) is 52.6 Å². The Morgan fingerprint density at radius 1 is 0.300 bits per heavy atom. The molecule has 2 nitrogen and oxygen atoms in total. The van der Waals surface area contributed by atoms with Crippen LogP contribution in [0.25, 0.3) is 0 Å². The van der Waals surface area contributed by atoms with Gasteiger partial charge in [0.05, 0.1) is 0 Å². The molecule has 0 rings (SSSR count). The summed E-state index contributed by atoms with van der Waals surface area (Å²) in [6.07, 6.45) is 0. The van der Waals surface area contributed by atoms with Gasteiger partial charge >= 0.3 is 0 Å². The molecule has 64 valence electrons. The first-order chi connectivity index (χ1) is 4.00. The van der Waals surface area contributed by atoms with E-state index in [0.717, 1.165) is 0 Å². The molecular weight excluding hydrogens is 128 g/mol. The number of rotatable bonds is 0. The first-order valence-electron chi connectivity index (χ1n) is 2.00. The lowest BCUT2D eigenvalue weighted by atomic mass is 11.3. The van der Waals surface area contributed by atoms with Gasteiger partial charge in [-0.25, -0.2) is 0 Å². The summed E-state index contributed by atoms with van der Waals surface area (Å²) in [5.41, 5.74) is 0. The van der Waals surface area contributed by atoms with E-state index in [1.54, 1.807) is 0 Å². The highest BCUT2D eigenvalue weighted by Crippen LogP contribution is 0.868. The third-order valence-corrected chi connectivity index (χ3v) is 0. The minimum atomic E-state index is 0. The van der Waals surface area contributed by atoms with Crippen molar-refractivity contribution in [2.75, 3.05) is 0 Å².